The van der Waals surface area contributed by atoms with Crippen molar-refractivity contribution in [3.05, 3.63) is 57.5 Å². The number of hydrogen-bond donors (Lipinski definition) is 2. The fourth-order valence-electron chi connectivity index (χ4n) is 3.62. The number of rotatable bonds is 10. The van der Waals surface area contributed by atoms with E-state index in [1.165, 1.54) is 0 Å². The van der Waals surface area contributed by atoms with Gasteiger partial charge in [0.2, 0.25) is 0 Å². The number of carboxylic acid groups (broad SMARTS) is 1. The van der Waals surface area contributed by atoms with Gasteiger partial charge in [0.05, 0.1) is 16.7 Å². The second-order valence-corrected chi connectivity index (χ2v) is 8.94. The number of likely N-dealkylation sites (tertiary alicyclic amines) is 1. The molecule has 0 bridgehead atoms. The zero-order chi connectivity index (χ0) is 23.8. The van der Waals surface area contributed by atoms with Crippen LogP contribution in [-0.2, 0) is 9.59 Å². The number of carbonyl (C=O) groups is 2. The number of halogens is 3. The number of hydrogen-bond acceptors (Lipinski definition) is 5. The number of nitrogens with one attached hydrogen (secondary N) is 1. The molecule has 10 heteroatoms. The Balaban J connectivity index is 1.40. The largest absolute Gasteiger partial charge is 0.494 e. The number of piperidine rings is 1. The minimum absolute atomic E-state index is 0.0362. The molecule has 1 unspecified atom stereocenters. The molecule has 7 nitrogen and oxygen atoms in total. The summed E-state index contributed by atoms with van der Waals surface area (Å²) in [6.07, 6.45) is 1.66. The van der Waals surface area contributed by atoms with Crippen LogP contribution < -0.4 is 14.8 Å². The Morgan fingerprint density at radius 2 is 1.67 bits per heavy atom. The molecular formula is C23H25Cl3N2O5. The lowest BCUT2D eigenvalue weighted by Crippen LogP contribution is -2.51. The Kier molecular flexibility index (Phi) is 9.50. The van der Waals surface area contributed by atoms with E-state index < -0.39 is 12.0 Å². The van der Waals surface area contributed by atoms with Crippen molar-refractivity contribution in [2.75, 3.05) is 26.3 Å². The maximum absolute atomic E-state index is 12.2. The summed E-state index contributed by atoms with van der Waals surface area (Å²) in [6.45, 7) is 1.27. The van der Waals surface area contributed by atoms with Crippen molar-refractivity contribution < 1.29 is 24.2 Å². The highest BCUT2D eigenvalue weighted by atomic mass is 35.5. The topological polar surface area (TPSA) is 88.1 Å². The summed E-state index contributed by atoms with van der Waals surface area (Å²) in [7, 11) is 0. The van der Waals surface area contributed by atoms with Crippen molar-refractivity contribution in [1.29, 1.82) is 0 Å². The third-order valence-corrected chi connectivity index (χ3v) is 6.35. The van der Waals surface area contributed by atoms with E-state index >= 15 is 0 Å². The molecule has 1 amide bonds. The molecule has 1 aliphatic heterocycles. The number of amides is 1. The number of benzene rings is 2. The van der Waals surface area contributed by atoms with Crippen molar-refractivity contribution in [3.8, 4) is 11.5 Å². The molecular weight excluding hydrogens is 491 g/mol. The van der Waals surface area contributed by atoms with Crippen molar-refractivity contribution in [2.45, 2.75) is 31.3 Å². The van der Waals surface area contributed by atoms with Crippen LogP contribution in [0.5, 0.6) is 11.5 Å². The zero-order valence-electron chi connectivity index (χ0n) is 17.8. The van der Waals surface area contributed by atoms with E-state index in [0.717, 1.165) is 0 Å². The lowest BCUT2D eigenvalue weighted by molar-refractivity contribution is -0.144. The molecule has 2 aromatic rings. The Labute approximate surface area is 207 Å². The molecule has 3 rings (SSSR count). The maximum Gasteiger partial charge on any atom is 0.321 e. The lowest BCUT2D eigenvalue weighted by Gasteiger charge is -2.35. The molecule has 0 radical (unpaired) electrons. The average molecular weight is 516 g/mol. The third-order valence-electron chi connectivity index (χ3n) is 5.36. The molecule has 1 heterocycles. The van der Waals surface area contributed by atoms with Crippen LogP contribution in [-0.4, -0.2) is 60.3 Å². The number of nitrogens with zero attached hydrogens (tertiary/aromatic N) is 1. The summed E-state index contributed by atoms with van der Waals surface area (Å²) < 4.78 is 11.1. The quantitative estimate of drug-likeness (QED) is 0.483. The molecule has 2 aromatic carbocycles. The lowest BCUT2D eigenvalue weighted by atomic mass is 10.0. The van der Waals surface area contributed by atoms with E-state index in [9.17, 15) is 14.7 Å². The second-order valence-electron chi connectivity index (χ2n) is 7.69. The van der Waals surface area contributed by atoms with Gasteiger partial charge in [0.1, 0.15) is 17.5 Å². The van der Waals surface area contributed by atoms with E-state index in [1.54, 1.807) is 42.5 Å². The first-order valence-electron chi connectivity index (χ1n) is 10.5. The van der Waals surface area contributed by atoms with E-state index in [1.807, 2.05) is 4.90 Å². The van der Waals surface area contributed by atoms with Crippen LogP contribution in [0.15, 0.2) is 42.5 Å². The summed E-state index contributed by atoms with van der Waals surface area (Å²) >= 11 is 17.7. The van der Waals surface area contributed by atoms with Crippen molar-refractivity contribution in [3.63, 3.8) is 0 Å². The first-order chi connectivity index (χ1) is 15.8. The van der Waals surface area contributed by atoms with Crippen LogP contribution in [0, 0.1) is 0 Å². The van der Waals surface area contributed by atoms with E-state index in [0.29, 0.717) is 58.9 Å². The van der Waals surface area contributed by atoms with Crippen molar-refractivity contribution in [1.82, 2.24) is 10.2 Å². The predicted octanol–water partition coefficient (Wildman–Crippen LogP) is 4.53. The van der Waals surface area contributed by atoms with Gasteiger partial charge in [0.15, 0.2) is 6.61 Å². The van der Waals surface area contributed by atoms with Crippen LogP contribution >= 0.6 is 34.8 Å². The molecule has 0 spiro atoms. The molecule has 2 N–H and O–H groups in total. The third kappa shape index (κ3) is 7.96. The molecule has 1 fully saturated rings. The Hall–Kier alpha value is -2.19. The highest BCUT2D eigenvalue weighted by Crippen LogP contribution is 2.26. The van der Waals surface area contributed by atoms with Crippen LogP contribution in [0.1, 0.15) is 19.3 Å². The van der Waals surface area contributed by atoms with Gasteiger partial charge in [-0.3, -0.25) is 14.5 Å². The Bertz CT molecular complexity index is 950. The van der Waals surface area contributed by atoms with Gasteiger partial charge >= 0.3 is 5.97 Å². The fraction of sp³-hybridized carbons (Fsp3) is 0.391. The number of aliphatic carboxylic acids is 1. The van der Waals surface area contributed by atoms with Gasteiger partial charge in [0.25, 0.3) is 5.91 Å². The van der Waals surface area contributed by atoms with Gasteiger partial charge in [-0.15, -0.1) is 0 Å². The molecule has 0 aromatic heterocycles. The predicted molar refractivity (Wildman–Crippen MR) is 128 cm³/mol. The second kappa shape index (κ2) is 12.3. The van der Waals surface area contributed by atoms with E-state index in [-0.39, 0.29) is 25.2 Å². The van der Waals surface area contributed by atoms with Gasteiger partial charge < -0.3 is 19.9 Å². The summed E-state index contributed by atoms with van der Waals surface area (Å²) in [6, 6.07) is 11.1. The zero-order valence-corrected chi connectivity index (χ0v) is 20.1. The summed E-state index contributed by atoms with van der Waals surface area (Å²) in [5.74, 6) is -0.0228. The Morgan fingerprint density at radius 1 is 1.00 bits per heavy atom. The van der Waals surface area contributed by atoms with E-state index in [2.05, 4.69) is 5.32 Å². The molecule has 0 aliphatic carbocycles. The Morgan fingerprint density at radius 3 is 2.30 bits per heavy atom. The summed E-state index contributed by atoms with van der Waals surface area (Å²) in [5.41, 5.74) is 0. The smallest absolute Gasteiger partial charge is 0.321 e. The average Bonchev–Trinajstić information content (AvgIpc) is 2.79. The van der Waals surface area contributed by atoms with Gasteiger partial charge in [-0.1, -0.05) is 34.8 Å². The summed E-state index contributed by atoms with van der Waals surface area (Å²) in [5, 5.41) is 14.0. The SMILES string of the molecule is O=C(COc1ccc(Cl)c(Cl)c1)NC1CCN(C(CCOc2ccc(Cl)cc2)C(=O)O)CC1. The van der Waals surface area contributed by atoms with Crippen LogP contribution in [0.2, 0.25) is 15.1 Å². The number of ether oxygens (including phenoxy) is 2. The molecule has 0 saturated carbocycles. The molecule has 1 aliphatic rings. The molecule has 33 heavy (non-hydrogen) atoms. The molecule has 1 atom stereocenters. The number of carboxylic acids is 1. The van der Waals surface area contributed by atoms with E-state index in [4.69, 9.17) is 44.3 Å². The number of carbonyl (C=O) groups excluding carboxylic acids is 1. The standard InChI is InChI=1S/C23H25Cl3N2O5/c24-15-1-3-17(4-2-15)32-12-9-21(23(30)31)28-10-7-16(8-11-28)27-22(29)14-33-18-5-6-19(25)20(26)13-18/h1-6,13,16,21H,7-12,14H2,(H,27,29)(H,30,31). The van der Waals surface area contributed by atoms with Gasteiger partial charge in [-0.05, 0) is 49.2 Å². The first-order valence-corrected chi connectivity index (χ1v) is 11.7. The molecule has 178 valence electrons. The van der Waals surface area contributed by atoms with Crippen LogP contribution in [0.3, 0.4) is 0 Å². The molecule has 1 saturated heterocycles. The van der Waals surface area contributed by atoms with Gasteiger partial charge in [0, 0.05) is 36.6 Å². The van der Waals surface area contributed by atoms with Crippen LogP contribution in [0.25, 0.3) is 0 Å². The highest BCUT2D eigenvalue weighted by Gasteiger charge is 2.30. The minimum atomic E-state index is -0.882. The normalized spacial score (nSPS) is 15.6. The van der Waals surface area contributed by atoms with Gasteiger partial charge in [-0.2, -0.15) is 0 Å². The highest BCUT2D eigenvalue weighted by molar-refractivity contribution is 6.42. The van der Waals surface area contributed by atoms with Gasteiger partial charge in [-0.25, -0.2) is 0 Å². The van der Waals surface area contributed by atoms with Crippen molar-refractivity contribution in [2.24, 2.45) is 0 Å². The maximum atomic E-state index is 12.2. The monoisotopic (exact) mass is 514 g/mol. The first kappa shape index (κ1) is 25.4. The fourth-order valence-corrected chi connectivity index (χ4v) is 4.04. The van der Waals surface area contributed by atoms with Crippen molar-refractivity contribution >= 4 is 46.7 Å². The minimum Gasteiger partial charge on any atom is -0.494 e. The summed E-state index contributed by atoms with van der Waals surface area (Å²) in [4.78, 5) is 25.9. The van der Waals surface area contributed by atoms with Crippen LogP contribution in [0.4, 0.5) is 0 Å².